The van der Waals surface area contributed by atoms with Gasteiger partial charge in [-0.25, -0.2) is 9.78 Å². The highest BCUT2D eigenvalue weighted by atomic mass is 19.4. The SMILES string of the molecule is CC(C)(C)OC(=O)N1CCCC(Cc2cncc(-c3ccc(-c4noc(C(F)(F)F)n4)cc3)n2)CC1. The summed E-state index contributed by atoms with van der Waals surface area (Å²) < 4.78 is 47.9. The highest BCUT2D eigenvalue weighted by molar-refractivity contribution is 5.68. The van der Waals surface area contributed by atoms with Crippen LogP contribution in [0.4, 0.5) is 18.0 Å². The second-order valence-corrected chi connectivity index (χ2v) is 9.86. The molecule has 11 heteroatoms. The van der Waals surface area contributed by atoms with Crippen LogP contribution in [-0.2, 0) is 17.3 Å². The third kappa shape index (κ3) is 6.58. The van der Waals surface area contributed by atoms with Gasteiger partial charge in [-0.3, -0.25) is 4.98 Å². The van der Waals surface area contributed by atoms with E-state index in [1.54, 1.807) is 41.6 Å². The number of carbonyl (C=O) groups is 1. The predicted octanol–water partition coefficient (Wildman–Crippen LogP) is 5.79. The normalized spacial score (nSPS) is 17.1. The summed E-state index contributed by atoms with van der Waals surface area (Å²) in [6.45, 7) is 6.90. The Balaban J connectivity index is 1.39. The summed E-state index contributed by atoms with van der Waals surface area (Å²) in [6.07, 6.45) is 1.89. The molecule has 1 unspecified atom stereocenters. The molecule has 0 aliphatic carbocycles. The summed E-state index contributed by atoms with van der Waals surface area (Å²) in [4.78, 5) is 26.7. The van der Waals surface area contributed by atoms with Crippen molar-refractivity contribution in [2.75, 3.05) is 13.1 Å². The van der Waals surface area contributed by atoms with Gasteiger partial charge in [0.25, 0.3) is 0 Å². The van der Waals surface area contributed by atoms with Crippen LogP contribution in [0, 0.1) is 5.92 Å². The summed E-state index contributed by atoms with van der Waals surface area (Å²) in [6, 6.07) is 6.70. The second kappa shape index (κ2) is 10.2. The van der Waals surface area contributed by atoms with E-state index in [0.717, 1.165) is 36.9 Å². The van der Waals surface area contributed by atoms with Crippen LogP contribution in [-0.4, -0.2) is 49.8 Å². The average molecular weight is 504 g/mol. The molecule has 192 valence electrons. The number of likely N-dealkylation sites (tertiary alicyclic amines) is 1. The minimum absolute atomic E-state index is 0.137. The van der Waals surface area contributed by atoms with E-state index in [0.29, 0.717) is 30.3 Å². The molecule has 0 spiro atoms. The van der Waals surface area contributed by atoms with Gasteiger partial charge in [0.05, 0.1) is 17.6 Å². The maximum absolute atomic E-state index is 12.7. The van der Waals surface area contributed by atoms with Gasteiger partial charge in [0.1, 0.15) is 5.60 Å². The van der Waals surface area contributed by atoms with Crippen molar-refractivity contribution in [2.24, 2.45) is 5.92 Å². The maximum Gasteiger partial charge on any atom is 0.471 e. The number of hydrogen-bond donors (Lipinski definition) is 0. The Morgan fingerprint density at radius 1 is 1.06 bits per heavy atom. The second-order valence-electron chi connectivity index (χ2n) is 9.86. The van der Waals surface area contributed by atoms with E-state index in [-0.39, 0.29) is 11.9 Å². The first-order chi connectivity index (χ1) is 17.0. The van der Waals surface area contributed by atoms with Crippen molar-refractivity contribution in [1.29, 1.82) is 0 Å². The first-order valence-electron chi connectivity index (χ1n) is 11.8. The Morgan fingerprint density at radius 2 is 1.78 bits per heavy atom. The zero-order valence-electron chi connectivity index (χ0n) is 20.4. The fourth-order valence-corrected chi connectivity index (χ4v) is 4.06. The third-order valence-electron chi connectivity index (χ3n) is 5.79. The van der Waals surface area contributed by atoms with Gasteiger partial charge in [-0.05, 0) is 52.4 Å². The van der Waals surface area contributed by atoms with Crippen molar-refractivity contribution < 1.29 is 27.2 Å². The summed E-state index contributed by atoms with van der Waals surface area (Å²) in [7, 11) is 0. The number of alkyl halides is 3. The molecule has 3 heterocycles. The average Bonchev–Trinajstić information content (AvgIpc) is 3.20. The molecule has 4 rings (SSSR count). The van der Waals surface area contributed by atoms with E-state index in [1.165, 1.54) is 0 Å². The molecule has 1 aliphatic rings. The summed E-state index contributed by atoms with van der Waals surface area (Å²) in [5, 5.41) is 3.41. The van der Waals surface area contributed by atoms with Crippen molar-refractivity contribution >= 4 is 6.09 Å². The Kier molecular flexibility index (Phi) is 7.28. The van der Waals surface area contributed by atoms with E-state index in [1.807, 2.05) is 20.8 Å². The van der Waals surface area contributed by atoms with E-state index in [9.17, 15) is 18.0 Å². The number of benzene rings is 1. The summed E-state index contributed by atoms with van der Waals surface area (Å²) in [5.41, 5.74) is 2.15. The number of carbonyl (C=O) groups excluding carboxylic acids is 1. The minimum atomic E-state index is -4.69. The standard InChI is InChI=1S/C25H28F3N5O3/c1-24(2,3)35-23(34)33-11-4-5-16(10-12-33)13-19-14-29-15-20(30-19)17-6-8-18(9-7-17)21-31-22(36-32-21)25(26,27)28/h6-9,14-16H,4-5,10-13H2,1-3H3. The number of amides is 1. The van der Waals surface area contributed by atoms with E-state index < -0.39 is 17.7 Å². The largest absolute Gasteiger partial charge is 0.471 e. The van der Waals surface area contributed by atoms with Crippen molar-refractivity contribution in [3.8, 4) is 22.6 Å². The molecule has 1 amide bonds. The topological polar surface area (TPSA) is 94.2 Å². The summed E-state index contributed by atoms with van der Waals surface area (Å²) >= 11 is 0. The Labute approximate surface area is 206 Å². The molecule has 1 fully saturated rings. The zero-order chi connectivity index (χ0) is 25.9. The Hall–Kier alpha value is -3.50. The van der Waals surface area contributed by atoms with Crippen LogP contribution in [0.2, 0.25) is 0 Å². The van der Waals surface area contributed by atoms with Gasteiger partial charge >= 0.3 is 18.2 Å². The first-order valence-corrected chi connectivity index (χ1v) is 11.8. The number of halogens is 3. The van der Waals surface area contributed by atoms with Gasteiger partial charge in [-0.2, -0.15) is 18.2 Å². The predicted molar refractivity (Wildman–Crippen MR) is 125 cm³/mol. The number of ether oxygens (including phenoxy) is 1. The monoisotopic (exact) mass is 503 g/mol. The molecule has 0 bridgehead atoms. The van der Waals surface area contributed by atoms with Gasteiger partial charge < -0.3 is 14.2 Å². The van der Waals surface area contributed by atoms with Gasteiger partial charge in [-0.15, -0.1) is 0 Å². The lowest BCUT2D eigenvalue weighted by atomic mass is 9.95. The fourth-order valence-electron chi connectivity index (χ4n) is 4.06. The van der Waals surface area contributed by atoms with Gasteiger partial charge in [-0.1, -0.05) is 29.4 Å². The molecule has 0 N–H and O–H groups in total. The molecule has 1 saturated heterocycles. The highest BCUT2D eigenvalue weighted by Gasteiger charge is 2.38. The van der Waals surface area contributed by atoms with Crippen molar-refractivity contribution in [2.45, 2.75) is 58.2 Å². The molecule has 1 aliphatic heterocycles. The van der Waals surface area contributed by atoms with E-state index in [2.05, 4.69) is 19.6 Å². The third-order valence-corrected chi connectivity index (χ3v) is 5.79. The molecule has 3 aromatic rings. The molecule has 8 nitrogen and oxygen atoms in total. The Morgan fingerprint density at radius 3 is 2.44 bits per heavy atom. The number of nitrogens with zero attached hydrogens (tertiary/aromatic N) is 5. The molecule has 0 saturated carbocycles. The van der Waals surface area contributed by atoms with Crippen LogP contribution < -0.4 is 0 Å². The smallest absolute Gasteiger partial charge is 0.444 e. The van der Waals surface area contributed by atoms with Crippen molar-refractivity contribution in [1.82, 2.24) is 25.0 Å². The van der Waals surface area contributed by atoms with Crippen LogP contribution in [0.3, 0.4) is 0 Å². The van der Waals surface area contributed by atoms with Crippen LogP contribution in [0.5, 0.6) is 0 Å². The number of rotatable bonds is 4. The van der Waals surface area contributed by atoms with Crippen LogP contribution in [0.25, 0.3) is 22.6 Å². The molecule has 1 atom stereocenters. The molecule has 36 heavy (non-hydrogen) atoms. The van der Waals surface area contributed by atoms with Crippen LogP contribution in [0.15, 0.2) is 41.2 Å². The number of aromatic nitrogens is 4. The zero-order valence-corrected chi connectivity index (χ0v) is 20.4. The molecule has 0 radical (unpaired) electrons. The summed E-state index contributed by atoms with van der Waals surface area (Å²) in [5.74, 6) is -1.15. The molecular formula is C25H28F3N5O3. The fraction of sp³-hybridized carbons (Fsp3) is 0.480. The molecule has 1 aromatic carbocycles. The Bertz CT molecular complexity index is 1190. The molecular weight excluding hydrogens is 475 g/mol. The van der Waals surface area contributed by atoms with Crippen molar-refractivity contribution in [3.63, 3.8) is 0 Å². The van der Waals surface area contributed by atoms with Crippen LogP contribution in [0.1, 0.15) is 51.6 Å². The van der Waals surface area contributed by atoms with Gasteiger partial charge in [0.2, 0.25) is 5.82 Å². The lowest BCUT2D eigenvalue weighted by Crippen LogP contribution is -2.37. The molecule has 2 aromatic heterocycles. The quantitative estimate of drug-likeness (QED) is 0.445. The number of hydrogen-bond acceptors (Lipinski definition) is 7. The van der Waals surface area contributed by atoms with Gasteiger partial charge in [0.15, 0.2) is 0 Å². The lowest BCUT2D eigenvalue weighted by molar-refractivity contribution is -0.159. The minimum Gasteiger partial charge on any atom is -0.444 e. The van der Waals surface area contributed by atoms with Crippen LogP contribution >= 0.6 is 0 Å². The lowest BCUT2D eigenvalue weighted by Gasteiger charge is -2.26. The maximum atomic E-state index is 12.7. The highest BCUT2D eigenvalue weighted by Crippen LogP contribution is 2.30. The van der Waals surface area contributed by atoms with Crippen molar-refractivity contribution in [3.05, 3.63) is 48.2 Å². The first kappa shape index (κ1) is 25.6. The van der Waals surface area contributed by atoms with E-state index in [4.69, 9.17) is 9.72 Å². The van der Waals surface area contributed by atoms with Gasteiger partial charge in [0, 0.05) is 30.4 Å². The van der Waals surface area contributed by atoms with E-state index >= 15 is 0 Å².